The molecular formula is C27H29N3O6. The van der Waals surface area contributed by atoms with Crippen molar-refractivity contribution in [2.24, 2.45) is 0 Å². The average molecular weight is 492 g/mol. The maximum absolute atomic E-state index is 12.5. The second kappa shape index (κ2) is 12.3. The van der Waals surface area contributed by atoms with Crippen LogP contribution in [-0.4, -0.2) is 52.1 Å². The second-order valence-electron chi connectivity index (χ2n) is 7.82. The standard InChI is InChI=1S/C27H29N3O6/c1-17-5-7-19(8-6-17)27(33)30-21-11-9-18(10-12-21)25(31)28-13-14-29-26(32)20-15-22(34-2)24(36-4)23(16-20)35-3/h5-12,15-16H,13-14H2,1-4H3,(H,28,31)(H,29,32)(H,30,33). The molecule has 0 aliphatic rings. The van der Waals surface area contributed by atoms with Gasteiger partial charge in [0, 0.05) is 35.5 Å². The van der Waals surface area contributed by atoms with E-state index in [1.54, 1.807) is 48.5 Å². The van der Waals surface area contributed by atoms with E-state index < -0.39 is 0 Å². The first-order valence-corrected chi connectivity index (χ1v) is 11.2. The lowest BCUT2D eigenvalue weighted by Crippen LogP contribution is -2.34. The minimum absolute atomic E-state index is 0.214. The Morgan fingerprint density at radius 3 is 1.61 bits per heavy atom. The number of rotatable bonds is 10. The van der Waals surface area contributed by atoms with Gasteiger partial charge in [-0.3, -0.25) is 14.4 Å². The number of ether oxygens (including phenoxy) is 3. The highest BCUT2D eigenvalue weighted by Gasteiger charge is 2.17. The van der Waals surface area contributed by atoms with Gasteiger partial charge in [-0.1, -0.05) is 17.7 Å². The van der Waals surface area contributed by atoms with E-state index in [-0.39, 0.29) is 30.8 Å². The summed E-state index contributed by atoms with van der Waals surface area (Å²) in [7, 11) is 4.43. The van der Waals surface area contributed by atoms with Crippen LogP contribution in [-0.2, 0) is 0 Å². The molecule has 188 valence electrons. The highest BCUT2D eigenvalue weighted by molar-refractivity contribution is 6.04. The summed E-state index contributed by atoms with van der Waals surface area (Å²) in [5.41, 5.74) is 2.96. The Morgan fingerprint density at radius 1 is 0.639 bits per heavy atom. The molecular weight excluding hydrogens is 462 g/mol. The van der Waals surface area contributed by atoms with Crippen LogP contribution in [0.15, 0.2) is 60.7 Å². The maximum Gasteiger partial charge on any atom is 0.255 e. The SMILES string of the molecule is COc1cc(C(=O)NCCNC(=O)c2ccc(NC(=O)c3ccc(C)cc3)cc2)cc(OC)c1OC. The normalized spacial score (nSPS) is 10.2. The Morgan fingerprint density at radius 2 is 1.11 bits per heavy atom. The highest BCUT2D eigenvalue weighted by atomic mass is 16.5. The summed E-state index contributed by atoms with van der Waals surface area (Å²) in [6, 6.07) is 16.9. The molecule has 3 rings (SSSR count). The third-order valence-corrected chi connectivity index (χ3v) is 5.34. The molecule has 0 unspecified atom stereocenters. The average Bonchev–Trinajstić information content (AvgIpc) is 2.90. The summed E-state index contributed by atoms with van der Waals surface area (Å²) in [6.07, 6.45) is 0. The molecule has 3 amide bonds. The third-order valence-electron chi connectivity index (χ3n) is 5.34. The topological polar surface area (TPSA) is 115 Å². The zero-order chi connectivity index (χ0) is 26.1. The molecule has 0 atom stereocenters. The number of amides is 3. The number of carbonyl (C=O) groups is 3. The molecule has 0 aromatic heterocycles. The first-order valence-electron chi connectivity index (χ1n) is 11.2. The molecule has 0 bridgehead atoms. The van der Waals surface area contributed by atoms with Crippen LogP contribution in [0.4, 0.5) is 5.69 Å². The van der Waals surface area contributed by atoms with Crippen LogP contribution in [0.5, 0.6) is 17.2 Å². The molecule has 36 heavy (non-hydrogen) atoms. The van der Waals surface area contributed by atoms with E-state index in [1.807, 2.05) is 19.1 Å². The predicted octanol–water partition coefficient (Wildman–Crippen LogP) is 3.43. The molecule has 0 radical (unpaired) electrons. The molecule has 0 spiro atoms. The van der Waals surface area contributed by atoms with Gasteiger partial charge in [-0.25, -0.2) is 0 Å². The number of hydrogen-bond acceptors (Lipinski definition) is 6. The number of benzene rings is 3. The molecule has 9 nitrogen and oxygen atoms in total. The van der Waals surface area contributed by atoms with Crippen molar-refractivity contribution in [3.63, 3.8) is 0 Å². The summed E-state index contributed by atoms with van der Waals surface area (Å²) in [5, 5.41) is 8.30. The molecule has 3 N–H and O–H groups in total. The lowest BCUT2D eigenvalue weighted by atomic mass is 10.1. The van der Waals surface area contributed by atoms with E-state index in [0.29, 0.717) is 39.6 Å². The van der Waals surface area contributed by atoms with Gasteiger partial charge in [0.2, 0.25) is 5.75 Å². The fourth-order valence-electron chi connectivity index (χ4n) is 3.38. The van der Waals surface area contributed by atoms with E-state index in [9.17, 15) is 14.4 Å². The monoisotopic (exact) mass is 491 g/mol. The number of aryl methyl sites for hydroxylation is 1. The summed E-state index contributed by atoms with van der Waals surface area (Å²) in [4.78, 5) is 37.3. The van der Waals surface area contributed by atoms with Gasteiger partial charge in [0.25, 0.3) is 17.7 Å². The van der Waals surface area contributed by atoms with E-state index >= 15 is 0 Å². The van der Waals surface area contributed by atoms with Gasteiger partial charge in [-0.2, -0.15) is 0 Å². The van der Waals surface area contributed by atoms with Gasteiger partial charge in [-0.05, 0) is 55.5 Å². The van der Waals surface area contributed by atoms with Crippen molar-refractivity contribution in [2.45, 2.75) is 6.92 Å². The van der Waals surface area contributed by atoms with Crippen LogP contribution >= 0.6 is 0 Å². The van der Waals surface area contributed by atoms with E-state index in [0.717, 1.165) is 5.56 Å². The quantitative estimate of drug-likeness (QED) is 0.375. The van der Waals surface area contributed by atoms with Crippen LogP contribution < -0.4 is 30.2 Å². The highest BCUT2D eigenvalue weighted by Crippen LogP contribution is 2.38. The molecule has 0 saturated heterocycles. The molecule has 9 heteroatoms. The van der Waals surface area contributed by atoms with E-state index in [4.69, 9.17) is 14.2 Å². The van der Waals surface area contributed by atoms with Crippen LogP contribution in [0.25, 0.3) is 0 Å². The first-order chi connectivity index (χ1) is 17.4. The van der Waals surface area contributed by atoms with Gasteiger partial charge in [0.1, 0.15) is 0 Å². The summed E-state index contributed by atoms with van der Waals surface area (Å²) in [6.45, 7) is 2.39. The van der Waals surface area contributed by atoms with Crippen molar-refractivity contribution in [1.29, 1.82) is 0 Å². The van der Waals surface area contributed by atoms with Crippen molar-refractivity contribution >= 4 is 23.4 Å². The molecule has 0 aliphatic carbocycles. The van der Waals surface area contributed by atoms with Crippen molar-refractivity contribution in [3.8, 4) is 17.2 Å². The van der Waals surface area contributed by atoms with Crippen LogP contribution in [0.3, 0.4) is 0 Å². The zero-order valence-corrected chi connectivity index (χ0v) is 20.6. The van der Waals surface area contributed by atoms with Gasteiger partial charge in [0.05, 0.1) is 21.3 Å². The molecule has 0 heterocycles. The Bertz CT molecular complexity index is 1200. The van der Waals surface area contributed by atoms with Gasteiger partial charge in [0.15, 0.2) is 11.5 Å². The second-order valence-corrected chi connectivity index (χ2v) is 7.82. The molecule has 3 aromatic rings. The van der Waals surface area contributed by atoms with Crippen LogP contribution in [0, 0.1) is 6.92 Å². The Labute approximate surface area is 209 Å². The smallest absolute Gasteiger partial charge is 0.255 e. The van der Waals surface area contributed by atoms with Crippen molar-refractivity contribution in [3.05, 3.63) is 82.9 Å². The van der Waals surface area contributed by atoms with Gasteiger partial charge in [-0.15, -0.1) is 0 Å². The van der Waals surface area contributed by atoms with Crippen LogP contribution in [0.2, 0.25) is 0 Å². The van der Waals surface area contributed by atoms with Crippen molar-refractivity contribution in [1.82, 2.24) is 10.6 Å². The minimum Gasteiger partial charge on any atom is -0.493 e. The fourth-order valence-corrected chi connectivity index (χ4v) is 3.38. The number of anilines is 1. The van der Waals surface area contributed by atoms with Crippen molar-refractivity contribution < 1.29 is 28.6 Å². The Balaban J connectivity index is 1.49. The predicted molar refractivity (Wildman–Crippen MR) is 136 cm³/mol. The lowest BCUT2D eigenvalue weighted by Gasteiger charge is -2.14. The summed E-state index contributed by atoms with van der Waals surface area (Å²) in [5.74, 6) is 0.257. The Kier molecular flexibility index (Phi) is 8.88. The van der Waals surface area contributed by atoms with Gasteiger partial charge < -0.3 is 30.2 Å². The summed E-state index contributed by atoms with van der Waals surface area (Å²) >= 11 is 0. The molecule has 0 fully saturated rings. The summed E-state index contributed by atoms with van der Waals surface area (Å²) < 4.78 is 15.8. The maximum atomic E-state index is 12.5. The number of hydrogen-bond donors (Lipinski definition) is 3. The number of nitrogens with one attached hydrogen (secondary N) is 3. The first kappa shape index (κ1) is 26.1. The number of methoxy groups -OCH3 is 3. The molecule has 3 aromatic carbocycles. The minimum atomic E-state index is -0.350. The zero-order valence-electron chi connectivity index (χ0n) is 20.6. The van der Waals surface area contributed by atoms with Crippen molar-refractivity contribution in [2.75, 3.05) is 39.7 Å². The largest absolute Gasteiger partial charge is 0.493 e. The van der Waals surface area contributed by atoms with Gasteiger partial charge >= 0.3 is 0 Å². The van der Waals surface area contributed by atoms with Crippen LogP contribution in [0.1, 0.15) is 36.6 Å². The molecule has 0 saturated carbocycles. The lowest BCUT2D eigenvalue weighted by molar-refractivity contribution is 0.0927. The molecule has 0 aliphatic heterocycles. The third kappa shape index (κ3) is 6.53. The number of carbonyl (C=O) groups excluding carboxylic acids is 3. The van der Waals surface area contributed by atoms with E-state index in [2.05, 4.69) is 16.0 Å². The van der Waals surface area contributed by atoms with E-state index in [1.165, 1.54) is 21.3 Å². The fraction of sp³-hybridized carbons (Fsp3) is 0.222. The Hall–Kier alpha value is -4.53.